The zero-order chi connectivity index (χ0) is 20.9. The first-order valence-corrected chi connectivity index (χ1v) is 10.8. The van der Waals surface area contributed by atoms with Gasteiger partial charge in [-0.25, -0.2) is 0 Å². The van der Waals surface area contributed by atoms with Gasteiger partial charge in [0.1, 0.15) is 0 Å². The number of rotatable bonds is 2. The lowest BCUT2D eigenvalue weighted by Gasteiger charge is -2.33. The summed E-state index contributed by atoms with van der Waals surface area (Å²) in [6.07, 6.45) is 2.23. The number of hydrogen-bond acceptors (Lipinski definition) is 3. The van der Waals surface area contributed by atoms with E-state index in [1.807, 2.05) is 42.5 Å². The molecule has 1 N–H and O–H groups in total. The molecule has 1 aliphatic heterocycles. The van der Waals surface area contributed by atoms with Crippen LogP contribution in [-0.2, 0) is 4.79 Å². The van der Waals surface area contributed by atoms with Crippen LogP contribution in [0.2, 0.25) is 0 Å². The lowest BCUT2D eigenvalue weighted by Crippen LogP contribution is -2.31. The highest BCUT2D eigenvalue weighted by Crippen LogP contribution is 2.48. The maximum absolute atomic E-state index is 13.5. The van der Waals surface area contributed by atoms with Gasteiger partial charge in [0, 0.05) is 40.3 Å². The van der Waals surface area contributed by atoms with Gasteiger partial charge in [0.15, 0.2) is 11.6 Å². The Labute approximate surface area is 181 Å². The van der Waals surface area contributed by atoms with E-state index in [-0.39, 0.29) is 17.5 Å². The number of ketones is 2. The molecule has 3 nitrogen and oxygen atoms in total. The van der Waals surface area contributed by atoms with E-state index in [1.165, 1.54) is 0 Å². The minimum Gasteiger partial charge on any atom is -0.358 e. The van der Waals surface area contributed by atoms with Crippen LogP contribution in [0.4, 0.5) is 0 Å². The number of benzene rings is 3. The van der Waals surface area contributed by atoms with Crippen molar-refractivity contribution in [2.45, 2.75) is 25.2 Å². The van der Waals surface area contributed by atoms with Crippen molar-refractivity contribution in [3.63, 3.8) is 0 Å². The molecule has 0 saturated heterocycles. The highest BCUT2D eigenvalue weighted by Gasteiger charge is 2.43. The van der Waals surface area contributed by atoms with Crippen molar-refractivity contribution in [3.8, 4) is 11.1 Å². The van der Waals surface area contributed by atoms with Crippen molar-refractivity contribution in [3.05, 3.63) is 112 Å². The molecule has 0 fully saturated rings. The van der Waals surface area contributed by atoms with Gasteiger partial charge in [-0.1, -0.05) is 78.9 Å². The number of hydrogen-bond donors (Lipinski definition) is 1. The van der Waals surface area contributed by atoms with E-state index in [4.69, 9.17) is 0 Å². The zero-order valence-electron chi connectivity index (χ0n) is 17.0. The van der Waals surface area contributed by atoms with E-state index in [0.717, 1.165) is 57.6 Å². The Balaban J connectivity index is 1.51. The summed E-state index contributed by atoms with van der Waals surface area (Å²) in [6.45, 7) is 0. The second-order valence-electron chi connectivity index (χ2n) is 8.38. The first-order chi connectivity index (χ1) is 15.2. The first-order valence-electron chi connectivity index (χ1n) is 10.8. The molecule has 0 spiro atoms. The number of carbonyl (C=O) groups is 2. The quantitative estimate of drug-likeness (QED) is 0.601. The minimum absolute atomic E-state index is 0.0279. The van der Waals surface area contributed by atoms with Gasteiger partial charge >= 0.3 is 0 Å². The fourth-order valence-corrected chi connectivity index (χ4v) is 5.17. The van der Waals surface area contributed by atoms with E-state index in [1.54, 1.807) is 0 Å². The van der Waals surface area contributed by atoms with Gasteiger partial charge in [-0.05, 0) is 29.5 Å². The predicted octanol–water partition coefficient (Wildman–Crippen LogP) is 5.66. The SMILES string of the molecule is O=C1CCCC2=C1[C@H](c1ccc(-c3ccccc3)cc1)C1=C(N2)c2ccccc2C1=O. The summed E-state index contributed by atoms with van der Waals surface area (Å²) in [7, 11) is 0. The summed E-state index contributed by atoms with van der Waals surface area (Å²) in [5.74, 6) is -0.134. The molecular weight excluding hydrogens is 382 g/mol. The summed E-state index contributed by atoms with van der Waals surface area (Å²) in [6, 6.07) is 26.3. The number of fused-ring (bicyclic) bond motifs is 2. The lowest BCUT2D eigenvalue weighted by molar-refractivity contribution is -0.116. The molecule has 3 aromatic carbocycles. The Morgan fingerprint density at radius 2 is 1.35 bits per heavy atom. The van der Waals surface area contributed by atoms with Gasteiger partial charge in [0.25, 0.3) is 0 Å². The monoisotopic (exact) mass is 403 g/mol. The first kappa shape index (κ1) is 18.1. The number of Topliss-reactive ketones (excluding diaryl/α,β-unsaturated/α-hetero) is 2. The Morgan fingerprint density at radius 3 is 2.13 bits per heavy atom. The molecule has 0 saturated carbocycles. The van der Waals surface area contributed by atoms with Crippen molar-refractivity contribution in [1.29, 1.82) is 0 Å². The summed E-state index contributed by atoms with van der Waals surface area (Å²) in [5.41, 5.74) is 8.29. The third-order valence-corrected chi connectivity index (χ3v) is 6.62. The second kappa shape index (κ2) is 6.92. The molecule has 0 bridgehead atoms. The average molecular weight is 403 g/mol. The molecule has 1 heterocycles. The fourth-order valence-electron chi connectivity index (χ4n) is 5.17. The van der Waals surface area contributed by atoms with Crippen LogP contribution in [0.1, 0.15) is 46.7 Å². The molecule has 0 radical (unpaired) electrons. The van der Waals surface area contributed by atoms with Gasteiger partial charge in [-0.2, -0.15) is 0 Å². The van der Waals surface area contributed by atoms with E-state index in [0.29, 0.717) is 12.0 Å². The minimum atomic E-state index is -0.316. The topological polar surface area (TPSA) is 46.2 Å². The van der Waals surface area contributed by atoms with Gasteiger partial charge in [-0.15, -0.1) is 0 Å². The van der Waals surface area contributed by atoms with Crippen molar-refractivity contribution in [2.75, 3.05) is 0 Å². The highest BCUT2D eigenvalue weighted by atomic mass is 16.1. The fraction of sp³-hybridized carbons (Fsp3) is 0.143. The van der Waals surface area contributed by atoms with Crippen LogP contribution >= 0.6 is 0 Å². The number of nitrogens with one attached hydrogen (secondary N) is 1. The van der Waals surface area contributed by atoms with Gasteiger partial charge in [0.05, 0.1) is 5.70 Å². The van der Waals surface area contributed by atoms with Gasteiger partial charge in [-0.3, -0.25) is 9.59 Å². The largest absolute Gasteiger partial charge is 0.358 e. The number of dihydropyridines is 1. The molecule has 3 aliphatic rings. The molecule has 0 unspecified atom stereocenters. The maximum atomic E-state index is 13.5. The van der Waals surface area contributed by atoms with Crippen molar-refractivity contribution >= 4 is 17.3 Å². The standard InChI is InChI=1S/C28H21NO2/c30-23-12-6-11-22-25(23)24(19-15-13-18(14-16-19)17-7-2-1-3-8-17)26-27(29-22)20-9-4-5-10-21(20)28(26)31/h1-5,7-10,13-16,24,29H,6,11-12H2/t24-/m0/s1. The molecule has 3 heteroatoms. The van der Waals surface area contributed by atoms with E-state index in [9.17, 15) is 9.59 Å². The predicted molar refractivity (Wildman–Crippen MR) is 121 cm³/mol. The molecule has 150 valence electrons. The van der Waals surface area contributed by atoms with Crippen LogP contribution in [0, 0.1) is 0 Å². The summed E-state index contributed by atoms with van der Waals surface area (Å²) in [4.78, 5) is 26.5. The molecule has 31 heavy (non-hydrogen) atoms. The Morgan fingerprint density at radius 1 is 0.677 bits per heavy atom. The summed E-state index contributed by atoms with van der Waals surface area (Å²) >= 11 is 0. The van der Waals surface area contributed by atoms with E-state index < -0.39 is 0 Å². The molecule has 0 amide bonds. The molecular formula is C28H21NO2. The highest BCUT2D eigenvalue weighted by molar-refractivity contribution is 6.23. The molecule has 3 aromatic rings. The third-order valence-electron chi connectivity index (χ3n) is 6.62. The molecule has 6 rings (SSSR count). The molecule has 1 atom stereocenters. The molecule has 0 aromatic heterocycles. The lowest BCUT2D eigenvalue weighted by atomic mass is 9.75. The third kappa shape index (κ3) is 2.73. The van der Waals surface area contributed by atoms with Gasteiger partial charge < -0.3 is 5.32 Å². The average Bonchev–Trinajstić information content (AvgIpc) is 3.11. The second-order valence-corrected chi connectivity index (χ2v) is 8.38. The van der Waals surface area contributed by atoms with Crippen LogP contribution in [0.25, 0.3) is 16.8 Å². The summed E-state index contributed by atoms with van der Waals surface area (Å²) < 4.78 is 0. The number of allylic oxidation sites excluding steroid dienone is 3. The van der Waals surface area contributed by atoms with Crippen molar-refractivity contribution < 1.29 is 9.59 Å². The normalized spacial score (nSPS) is 19.7. The Hall–Kier alpha value is -3.72. The number of carbonyl (C=O) groups excluding carboxylic acids is 2. The van der Waals surface area contributed by atoms with E-state index >= 15 is 0 Å². The smallest absolute Gasteiger partial charge is 0.192 e. The molecule has 2 aliphatic carbocycles. The Kier molecular flexibility index (Phi) is 4.03. The maximum Gasteiger partial charge on any atom is 0.192 e. The van der Waals surface area contributed by atoms with Gasteiger partial charge in [0.2, 0.25) is 0 Å². The van der Waals surface area contributed by atoms with Crippen LogP contribution in [-0.4, -0.2) is 11.6 Å². The van der Waals surface area contributed by atoms with Crippen LogP contribution in [0.3, 0.4) is 0 Å². The zero-order valence-corrected chi connectivity index (χ0v) is 17.0. The van der Waals surface area contributed by atoms with E-state index in [2.05, 4.69) is 41.7 Å². The van der Waals surface area contributed by atoms with Crippen molar-refractivity contribution in [1.82, 2.24) is 5.32 Å². The summed E-state index contributed by atoms with van der Waals surface area (Å²) in [5, 5.41) is 3.49. The van der Waals surface area contributed by atoms with Crippen LogP contribution in [0.15, 0.2) is 95.7 Å². The van der Waals surface area contributed by atoms with Crippen LogP contribution < -0.4 is 5.32 Å². The van der Waals surface area contributed by atoms with Crippen LogP contribution in [0.5, 0.6) is 0 Å². The van der Waals surface area contributed by atoms with Crippen molar-refractivity contribution in [2.24, 2.45) is 0 Å². The Bertz CT molecular complexity index is 1300.